The smallest absolute Gasteiger partial charge is 0.275 e. The summed E-state index contributed by atoms with van der Waals surface area (Å²) < 4.78 is 1.80. The second-order valence-electron chi connectivity index (χ2n) is 4.97. The number of nitrogens with zero attached hydrogens (tertiary/aromatic N) is 3. The van der Waals surface area contributed by atoms with Crippen LogP contribution in [0.25, 0.3) is 5.69 Å². The van der Waals surface area contributed by atoms with Gasteiger partial charge in [-0.1, -0.05) is 0 Å². The summed E-state index contributed by atoms with van der Waals surface area (Å²) in [5.74, 6) is -0.215. The minimum absolute atomic E-state index is 0.215. The summed E-state index contributed by atoms with van der Waals surface area (Å²) >= 11 is 1.42. The molecule has 7 heteroatoms. The lowest BCUT2D eigenvalue weighted by Gasteiger charge is -2.05. The number of thiazole rings is 1. The van der Waals surface area contributed by atoms with E-state index in [-0.39, 0.29) is 5.91 Å². The highest BCUT2D eigenvalue weighted by Crippen LogP contribution is 2.18. The molecular weight excluding hydrogens is 310 g/mol. The van der Waals surface area contributed by atoms with E-state index in [1.54, 1.807) is 10.1 Å². The number of hydrogen-bond acceptors (Lipinski definition) is 5. The van der Waals surface area contributed by atoms with E-state index in [1.165, 1.54) is 11.3 Å². The minimum atomic E-state index is -0.215. The summed E-state index contributed by atoms with van der Waals surface area (Å²) in [4.78, 5) is 16.4. The van der Waals surface area contributed by atoms with Crippen LogP contribution in [0, 0.1) is 6.92 Å². The van der Waals surface area contributed by atoms with Crippen molar-refractivity contribution in [3.05, 3.63) is 53.3 Å². The van der Waals surface area contributed by atoms with Crippen LogP contribution in [0.3, 0.4) is 0 Å². The first-order valence-electron chi connectivity index (χ1n) is 7.29. The number of carbonyl (C=O) groups is 1. The molecule has 23 heavy (non-hydrogen) atoms. The maximum atomic E-state index is 12.2. The van der Waals surface area contributed by atoms with E-state index in [4.69, 9.17) is 0 Å². The summed E-state index contributed by atoms with van der Waals surface area (Å²) in [6, 6.07) is 9.46. The predicted octanol–water partition coefficient (Wildman–Crippen LogP) is 3.32. The van der Waals surface area contributed by atoms with Crippen LogP contribution < -0.4 is 10.6 Å². The van der Waals surface area contributed by atoms with Gasteiger partial charge in [-0.25, -0.2) is 9.67 Å². The molecule has 0 unspecified atom stereocenters. The molecular formula is C16H17N5OS. The first-order chi connectivity index (χ1) is 11.2. The van der Waals surface area contributed by atoms with Gasteiger partial charge in [0.1, 0.15) is 5.69 Å². The van der Waals surface area contributed by atoms with Gasteiger partial charge >= 0.3 is 0 Å². The molecule has 118 valence electrons. The Morgan fingerprint density at radius 3 is 2.70 bits per heavy atom. The molecule has 0 bridgehead atoms. The number of rotatable bonds is 5. The van der Waals surface area contributed by atoms with Crippen molar-refractivity contribution in [3.63, 3.8) is 0 Å². The van der Waals surface area contributed by atoms with Gasteiger partial charge in [-0.3, -0.25) is 4.79 Å². The lowest BCUT2D eigenvalue weighted by molar-refractivity contribution is 0.102. The van der Waals surface area contributed by atoms with Crippen molar-refractivity contribution in [1.82, 2.24) is 14.8 Å². The number of carbonyl (C=O) groups excluding carboxylic acids is 1. The molecule has 0 aliphatic heterocycles. The van der Waals surface area contributed by atoms with E-state index in [2.05, 4.69) is 20.7 Å². The van der Waals surface area contributed by atoms with Gasteiger partial charge < -0.3 is 10.6 Å². The number of nitrogens with one attached hydrogen (secondary N) is 2. The van der Waals surface area contributed by atoms with Crippen molar-refractivity contribution in [2.24, 2.45) is 0 Å². The van der Waals surface area contributed by atoms with Gasteiger partial charge in [0.25, 0.3) is 5.91 Å². The second-order valence-corrected chi connectivity index (χ2v) is 5.83. The third kappa shape index (κ3) is 3.57. The van der Waals surface area contributed by atoms with E-state index < -0.39 is 0 Å². The van der Waals surface area contributed by atoms with E-state index >= 15 is 0 Å². The number of aromatic nitrogens is 3. The lowest BCUT2D eigenvalue weighted by atomic mass is 10.2. The Labute approximate surface area is 138 Å². The molecule has 0 atom stereocenters. The average Bonchev–Trinajstić information content (AvgIpc) is 3.18. The summed E-state index contributed by atoms with van der Waals surface area (Å²) in [7, 11) is 0. The summed E-state index contributed by atoms with van der Waals surface area (Å²) in [5.41, 5.74) is 3.04. The van der Waals surface area contributed by atoms with Crippen LogP contribution in [-0.4, -0.2) is 27.2 Å². The molecule has 0 aliphatic rings. The largest absolute Gasteiger partial charge is 0.362 e. The molecule has 0 saturated carbocycles. The fourth-order valence-electron chi connectivity index (χ4n) is 2.06. The van der Waals surface area contributed by atoms with Crippen LogP contribution in [-0.2, 0) is 0 Å². The molecule has 2 aromatic heterocycles. The zero-order valence-corrected chi connectivity index (χ0v) is 13.7. The average molecular weight is 327 g/mol. The monoisotopic (exact) mass is 327 g/mol. The SMILES string of the molecule is CCNc1nc(C(=O)Nc2ccc(-n3ccc(C)n3)cc2)cs1. The first-order valence-corrected chi connectivity index (χ1v) is 8.17. The molecule has 2 heterocycles. The molecule has 3 aromatic rings. The van der Waals surface area contributed by atoms with Crippen molar-refractivity contribution in [1.29, 1.82) is 0 Å². The lowest BCUT2D eigenvalue weighted by Crippen LogP contribution is -2.12. The van der Waals surface area contributed by atoms with Crippen LogP contribution in [0.1, 0.15) is 23.1 Å². The number of benzene rings is 1. The topological polar surface area (TPSA) is 71.8 Å². The molecule has 2 N–H and O–H groups in total. The van der Waals surface area contributed by atoms with Gasteiger partial charge in [0.2, 0.25) is 0 Å². The highest BCUT2D eigenvalue weighted by Gasteiger charge is 2.11. The van der Waals surface area contributed by atoms with Crippen molar-refractivity contribution < 1.29 is 4.79 Å². The number of amides is 1. The second kappa shape index (κ2) is 6.62. The third-order valence-electron chi connectivity index (χ3n) is 3.18. The minimum Gasteiger partial charge on any atom is -0.362 e. The predicted molar refractivity (Wildman–Crippen MR) is 92.5 cm³/mol. The third-order valence-corrected chi connectivity index (χ3v) is 3.98. The first kappa shape index (κ1) is 15.2. The van der Waals surface area contributed by atoms with Crippen molar-refractivity contribution in [3.8, 4) is 5.69 Å². The molecule has 0 radical (unpaired) electrons. The van der Waals surface area contributed by atoms with E-state index in [9.17, 15) is 4.79 Å². The summed E-state index contributed by atoms with van der Waals surface area (Å²) in [6.45, 7) is 4.72. The van der Waals surface area contributed by atoms with Crippen molar-refractivity contribution in [2.45, 2.75) is 13.8 Å². The van der Waals surface area contributed by atoms with Crippen LogP contribution in [0.5, 0.6) is 0 Å². The number of aryl methyl sites for hydroxylation is 1. The standard InChI is InChI=1S/C16H17N5OS/c1-3-17-16-19-14(10-23-16)15(22)18-12-4-6-13(7-5-12)21-9-8-11(2)20-21/h4-10H,3H2,1-2H3,(H,17,19)(H,18,22). The highest BCUT2D eigenvalue weighted by atomic mass is 32.1. The zero-order chi connectivity index (χ0) is 16.2. The van der Waals surface area contributed by atoms with Crippen LogP contribution in [0.15, 0.2) is 41.9 Å². The number of hydrogen-bond donors (Lipinski definition) is 2. The molecule has 6 nitrogen and oxygen atoms in total. The maximum absolute atomic E-state index is 12.2. The van der Waals surface area contributed by atoms with E-state index in [1.807, 2.05) is 50.4 Å². The molecule has 1 amide bonds. The Morgan fingerprint density at radius 2 is 2.04 bits per heavy atom. The van der Waals surface area contributed by atoms with E-state index in [0.717, 1.165) is 28.7 Å². The fraction of sp³-hybridized carbons (Fsp3) is 0.188. The fourth-order valence-corrected chi connectivity index (χ4v) is 2.82. The van der Waals surface area contributed by atoms with Gasteiger partial charge in [-0.15, -0.1) is 11.3 Å². The highest BCUT2D eigenvalue weighted by molar-refractivity contribution is 7.13. The van der Waals surface area contributed by atoms with Crippen LogP contribution in [0.2, 0.25) is 0 Å². The van der Waals surface area contributed by atoms with Crippen molar-refractivity contribution >= 4 is 28.1 Å². The zero-order valence-electron chi connectivity index (χ0n) is 12.9. The van der Waals surface area contributed by atoms with Gasteiger partial charge in [-0.2, -0.15) is 5.10 Å². The Morgan fingerprint density at radius 1 is 1.26 bits per heavy atom. The van der Waals surface area contributed by atoms with Gasteiger partial charge in [-0.05, 0) is 44.2 Å². The van der Waals surface area contributed by atoms with Crippen molar-refractivity contribution in [2.75, 3.05) is 17.2 Å². The van der Waals surface area contributed by atoms with Crippen LogP contribution in [0.4, 0.5) is 10.8 Å². The Bertz CT molecular complexity index is 806. The van der Waals surface area contributed by atoms with Crippen LogP contribution >= 0.6 is 11.3 Å². The Hall–Kier alpha value is -2.67. The molecule has 0 fully saturated rings. The number of anilines is 2. The van der Waals surface area contributed by atoms with Gasteiger partial charge in [0, 0.05) is 23.8 Å². The molecule has 0 saturated heterocycles. The summed E-state index contributed by atoms with van der Waals surface area (Å²) in [5, 5.41) is 12.8. The van der Waals surface area contributed by atoms with Gasteiger partial charge in [0.15, 0.2) is 5.13 Å². The molecule has 0 aliphatic carbocycles. The Kier molecular flexibility index (Phi) is 4.38. The molecule has 1 aromatic carbocycles. The van der Waals surface area contributed by atoms with E-state index in [0.29, 0.717) is 5.69 Å². The maximum Gasteiger partial charge on any atom is 0.275 e. The quantitative estimate of drug-likeness (QED) is 0.754. The normalized spacial score (nSPS) is 10.5. The molecule has 3 rings (SSSR count). The van der Waals surface area contributed by atoms with Gasteiger partial charge in [0.05, 0.1) is 11.4 Å². The Balaban J connectivity index is 1.68. The molecule has 0 spiro atoms. The summed E-state index contributed by atoms with van der Waals surface area (Å²) in [6.07, 6.45) is 1.90.